The van der Waals surface area contributed by atoms with Crippen LogP contribution in [-0.2, 0) is 0 Å². The van der Waals surface area contributed by atoms with Crippen molar-refractivity contribution in [1.82, 2.24) is 5.32 Å². The fourth-order valence-corrected chi connectivity index (χ4v) is 2.46. The van der Waals surface area contributed by atoms with Crippen LogP contribution in [0.3, 0.4) is 0 Å². The van der Waals surface area contributed by atoms with Crippen LogP contribution in [0.2, 0.25) is 0 Å². The van der Waals surface area contributed by atoms with Gasteiger partial charge in [0.2, 0.25) is 0 Å². The minimum atomic E-state index is -0.545. The molecular formula is C17H19F2NO. The number of methoxy groups -OCH3 is 1. The van der Waals surface area contributed by atoms with Crippen LogP contribution < -0.4 is 10.1 Å². The van der Waals surface area contributed by atoms with Crippen molar-refractivity contribution in [3.8, 4) is 5.75 Å². The molecule has 0 bridgehead atoms. The number of rotatable bonds is 5. The minimum Gasteiger partial charge on any atom is -0.497 e. The summed E-state index contributed by atoms with van der Waals surface area (Å²) in [6, 6.07) is 8.90. The van der Waals surface area contributed by atoms with Crippen LogP contribution >= 0.6 is 0 Å². The number of halogens is 2. The molecule has 1 atom stereocenters. The molecule has 1 unspecified atom stereocenters. The average Bonchev–Trinajstić information content (AvgIpc) is 2.46. The third kappa shape index (κ3) is 3.22. The van der Waals surface area contributed by atoms with Crippen LogP contribution in [0, 0.1) is 18.6 Å². The molecule has 4 heteroatoms. The number of nitrogens with one attached hydrogen (secondary N) is 1. The van der Waals surface area contributed by atoms with Gasteiger partial charge in [-0.2, -0.15) is 0 Å². The van der Waals surface area contributed by atoms with E-state index < -0.39 is 17.7 Å². The highest BCUT2D eigenvalue weighted by molar-refractivity contribution is 5.42. The van der Waals surface area contributed by atoms with Crippen molar-refractivity contribution in [2.45, 2.75) is 19.9 Å². The fourth-order valence-electron chi connectivity index (χ4n) is 2.46. The molecule has 0 saturated carbocycles. The molecule has 0 spiro atoms. The Hall–Kier alpha value is -1.94. The first-order chi connectivity index (χ1) is 10.1. The number of aryl methyl sites for hydroxylation is 1. The summed E-state index contributed by atoms with van der Waals surface area (Å²) < 4.78 is 33.3. The van der Waals surface area contributed by atoms with Gasteiger partial charge >= 0.3 is 0 Å². The Morgan fingerprint density at radius 2 is 1.81 bits per heavy atom. The lowest BCUT2D eigenvalue weighted by Gasteiger charge is -2.22. The first-order valence-electron chi connectivity index (χ1n) is 6.90. The van der Waals surface area contributed by atoms with E-state index in [2.05, 4.69) is 5.32 Å². The van der Waals surface area contributed by atoms with Gasteiger partial charge in [0.1, 0.15) is 17.4 Å². The Morgan fingerprint density at radius 1 is 1.14 bits per heavy atom. The van der Waals surface area contributed by atoms with E-state index in [1.54, 1.807) is 13.2 Å². The van der Waals surface area contributed by atoms with Crippen molar-refractivity contribution in [1.29, 1.82) is 0 Å². The van der Waals surface area contributed by atoms with E-state index in [0.29, 0.717) is 6.54 Å². The van der Waals surface area contributed by atoms with Crippen LogP contribution in [0.5, 0.6) is 5.75 Å². The Bertz CT molecular complexity index is 608. The highest BCUT2D eigenvalue weighted by Gasteiger charge is 2.22. The largest absolute Gasteiger partial charge is 0.497 e. The molecule has 0 radical (unpaired) electrons. The summed E-state index contributed by atoms with van der Waals surface area (Å²) in [7, 11) is 1.59. The van der Waals surface area contributed by atoms with Gasteiger partial charge in [0, 0.05) is 5.56 Å². The minimum absolute atomic E-state index is 0.0487. The summed E-state index contributed by atoms with van der Waals surface area (Å²) in [5.74, 6) is -0.368. The molecule has 0 heterocycles. The number of benzene rings is 2. The van der Waals surface area contributed by atoms with Crippen molar-refractivity contribution in [3.63, 3.8) is 0 Å². The smallest absolute Gasteiger partial charge is 0.131 e. The zero-order chi connectivity index (χ0) is 15.4. The second-order valence-corrected chi connectivity index (χ2v) is 4.85. The number of hydrogen-bond donors (Lipinski definition) is 1. The van der Waals surface area contributed by atoms with E-state index in [4.69, 9.17) is 4.74 Å². The lowest BCUT2D eigenvalue weighted by molar-refractivity contribution is 0.414. The summed E-state index contributed by atoms with van der Waals surface area (Å²) in [5.41, 5.74) is 1.80. The lowest BCUT2D eigenvalue weighted by atomic mass is 9.94. The van der Waals surface area contributed by atoms with Crippen LogP contribution in [0.1, 0.15) is 29.7 Å². The van der Waals surface area contributed by atoms with Gasteiger partial charge in [-0.3, -0.25) is 0 Å². The van der Waals surface area contributed by atoms with Gasteiger partial charge < -0.3 is 10.1 Å². The Kier molecular flexibility index (Phi) is 4.91. The average molecular weight is 291 g/mol. The number of ether oxygens (including phenoxy) is 1. The quantitative estimate of drug-likeness (QED) is 0.899. The lowest BCUT2D eigenvalue weighted by Crippen LogP contribution is -2.25. The molecule has 0 aliphatic carbocycles. The normalized spacial score (nSPS) is 12.2. The van der Waals surface area contributed by atoms with E-state index in [0.717, 1.165) is 16.9 Å². The van der Waals surface area contributed by atoms with Crippen LogP contribution in [-0.4, -0.2) is 13.7 Å². The van der Waals surface area contributed by atoms with E-state index in [1.165, 1.54) is 18.2 Å². The van der Waals surface area contributed by atoms with Gasteiger partial charge in [0.25, 0.3) is 0 Å². The van der Waals surface area contributed by atoms with Crippen LogP contribution in [0.15, 0.2) is 36.4 Å². The van der Waals surface area contributed by atoms with Gasteiger partial charge in [0.05, 0.1) is 13.2 Å². The Labute approximate surface area is 123 Å². The molecule has 2 nitrogen and oxygen atoms in total. The van der Waals surface area contributed by atoms with Crippen molar-refractivity contribution in [2.24, 2.45) is 0 Å². The SMILES string of the molecule is CCNC(c1ccc(OC)cc1C)c1c(F)cccc1F. The van der Waals surface area contributed by atoms with Crippen molar-refractivity contribution in [2.75, 3.05) is 13.7 Å². The molecule has 2 rings (SSSR count). The highest BCUT2D eigenvalue weighted by atomic mass is 19.1. The summed E-state index contributed by atoms with van der Waals surface area (Å²) in [5, 5.41) is 3.15. The van der Waals surface area contributed by atoms with Crippen molar-refractivity contribution in [3.05, 3.63) is 64.7 Å². The zero-order valence-corrected chi connectivity index (χ0v) is 12.4. The van der Waals surface area contributed by atoms with E-state index in [-0.39, 0.29) is 5.56 Å². The van der Waals surface area contributed by atoms with Crippen LogP contribution in [0.4, 0.5) is 8.78 Å². The molecule has 2 aromatic carbocycles. The molecule has 0 amide bonds. The maximum atomic E-state index is 14.1. The molecule has 0 saturated heterocycles. The third-order valence-corrected chi connectivity index (χ3v) is 3.48. The van der Waals surface area contributed by atoms with Gasteiger partial charge in [-0.15, -0.1) is 0 Å². The maximum absolute atomic E-state index is 14.1. The summed E-state index contributed by atoms with van der Waals surface area (Å²) in [6.45, 7) is 4.41. The standard InChI is InChI=1S/C17H19F2NO/c1-4-20-17(16-14(18)6-5-7-15(16)19)13-9-8-12(21-3)10-11(13)2/h5-10,17,20H,4H2,1-3H3. The molecule has 0 aliphatic heterocycles. The topological polar surface area (TPSA) is 21.3 Å². The maximum Gasteiger partial charge on any atom is 0.131 e. The van der Waals surface area contributed by atoms with Crippen LogP contribution in [0.25, 0.3) is 0 Å². The molecule has 0 aromatic heterocycles. The number of hydrogen-bond acceptors (Lipinski definition) is 2. The summed E-state index contributed by atoms with van der Waals surface area (Å²) >= 11 is 0. The molecule has 0 aliphatic rings. The second kappa shape index (κ2) is 6.68. The predicted octanol–water partition coefficient (Wildman–Crippen LogP) is 3.98. The Balaban J connectivity index is 2.53. The zero-order valence-electron chi connectivity index (χ0n) is 12.4. The predicted molar refractivity (Wildman–Crippen MR) is 79.6 cm³/mol. The fraction of sp³-hybridized carbons (Fsp3) is 0.294. The van der Waals surface area contributed by atoms with Gasteiger partial charge in [-0.05, 0) is 48.9 Å². The molecule has 21 heavy (non-hydrogen) atoms. The van der Waals surface area contributed by atoms with E-state index >= 15 is 0 Å². The Morgan fingerprint density at radius 3 is 2.33 bits per heavy atom. The molecular weight excluding hydrogens is 272 g/mol. The monoisotopic (exact) mass is 291 g/mol. The molecule has 0 fully saturated rings. The third-order valence-electron chi connectivity index (χ3n) is 3.48. The first-order valence-corrected chi connectivity index (χ1v) is 6.90. The molecule has 1 N–H and O–H groups in total. The van der Waals surface area contributed by atoms with Gasteiger partial charge in [0.15, 0.2) is 0 Å². The molecule has 2 aromatic rings. The molecule has 112 valence electrons. The van der Waals surface area contributed by atoms with E-state index in [1.807, 2.05) is 26.0 Å². The summed E-state index contributed by atoms with van der Waals surface area (Å²) in [4.78, 5) is 0. The van der Waals surface area contributed by atoms with Crippen molar-refractivity contribution >= 4 is 0 Å². The second-order valence-electron chi connectivity index (χ2n) is 4.85. The first kappa shape index (κ1) is 15.4. The summed E-state index contributed by atoms with van der Waals surface area (Å²) in [6.07, 6.45) is 0. The van der Waals surface area contributed by atoms with Crippen molar-refractivity contribution < 1.29 is 13.5 Å². The highest BCUT2D eigenvalue weighted by Crippen LogP contribution is 2.30. The van der Waals surface area contributed by atoms with Gasteiger partial charge in [-0.25, -0.2) is 8.78 Å². The van der Waals surface area contributed by atoms with E-state index in [9.17, 15) is 8.78 Å². The van der Waals surface area contributed by atoms with Gasteiger partial charge in [-0.1, -0.05) is 19.1 Å².